The molecule has 0 saturated heterocycles. The summed E-state index contributed by atoms with van der Waals surface area (Å²) in [5.41, 5.74) is 4.52. The lowest BCUT2D eigenvalue weighted by Gasteiger charge is -2.22. The minimum atomic E-state index is -0.255. The SMILES string of the molecule is O=C(NC1CCCCC1)c1ccc(-c2ccc(Nc3nc4ccc(F)cc4s3)cc2)cc1. The Morgan fingerprint density at radius 3 is 2.31 bits per heavy atom. The van der Waals surface area contributed by atoms with Gasteiger partial charge in [-0.25, -0.2) is 9.37 Å². The maximum Gasteiger partial charge on any atom is 0.251 e. The van der Waals surface area contributed by atoms with Crippen molar-refractivity contribution >= 4 is 38.3 Å². The Kier molecular flexibility index (Phi) is 5.86. The number of hydrogen-bond acceptors (Lipinski definition) is 4. The van der Waals surface area contributed by atoms with E-state index in [0.717, 1.165) is 45.0 Å². The zero-order chi connectivity index (χ0) is 21.9. The maximum absolute atomic E-state index is 13.4. The molecule has 1 amide bonds. The van der Waals surface area contributed by atoms with Gasteiger partial charge in [-0.1, -0.05) is 54.9 Å². The van der Waals surface area contributed by atoms with Gasteiger partial charge in [-0.3, -0.25) is 4.79 Å². The highest BCUT2D eigenvalue weighted by Crippen LogP contribution is 2.30. The zero-order valence-electron chi connectivity index (χ0n) is 17.6. The van der Waals surface area contributed by atoms with Gasteiger partial charge in [0.2, 0.25) is 0 Å². The Morgan fingerprint density at radius 2 is 1.59 bits per heavy atom. The summed E-state index contributed by atoms with van der Waals surface area (Å²) in [4.78, 5) is 17.0. The van der Waals surface area contributed by atoms with E-state index in [9.17, 15) is 9.18 Å². The molecular weight excluding hydrogens is 421 g/mol. The number of benzene rings is 3. The highest BCUT2D eigenvalue weighted by Gasteiger charge is 2.16. The number of carbonyl (C=O) groups excluding carboxylic acids is 1. The number of amides is 1. The van der Waals surface area contributed by atoms with Crippen LogP contribution in [0.4, 0.5) is 15.2 Å². The number of nitrogens with zero attached hydrogens (tertiary/aromatic N) is 1. The van der Waals surface area contributed by atoms with Crippen molar-refractivity contribution in [1.82, 2.24) is 10.3 Å². The first kappa shape index (κ1) is 20.6. The van der Waals surface area contributed by atoms with Gasteiger partial charge in [0.25, 0.3) is 5.91 Å². The summed E-state index contributed by atoms with van der Waals surface area (Å²) in [5, 5.41) is 7.18. The van der Waals surface area contributed by atoms with Crippen LogP contribution in [0.3, 0.4) is 0 Å². The summed E-state index contributed by atoms with van der Waals surface area (Å²) in [7, 11) is 0. The van der Waals surface area contributed by atoms with Crippen molar-refractivity contribution in [1.29, 1.82) is 0 Å². The second-order valence-electron chi connectivity index (χ2n) is 8.22. The van der Waals surface area contributed by atoms with Crippen molar-refractivity contribution in [3.05, 3.63) is 78.1 Å². The Balaban J connectivity index is 1.24. The number of aromatic nitrogens is 1. The minimum absolute atomic E-state index is 0.0127. The van der Waals surface area contributed by atoms with Crippen LogP contribution in [0.25, 0.3) is 21.3 Å². The summed E-state index contributed by atoms with van der Waals surface area (Å²) >= 11 is 1.42. The molecule has 0 aliphatic heterocycles. The van der Waals surface area contributed by atoms with E-state index >= 15 is 0 Å². The number of rotatable bonds is 5. The lowest BCUT2D eigenvalue weighted by Crippen LogP contribution is -2.36. The van der Waals surface area contributed by atoms with Crippen molar-refractivity contribution < 1.29 is 9.18 Å². The minimum Gasteiger partial charge on any atom is -0.349 e. The smallest absolute Gasteiger partial charge is 0.251 e. The quantitative estimate of drug-likeness (QED) is 0.351. The molecule has 162 valence electrons. The van der Waals surface area contributed by atoms with Crippen LogP contribution in [0, 0.1) is 5.82 Å². The van der Waals surface area contributed by atoms with Crippen LogP contribution in [0.2, 0.25) is 0 Å². The second kappa shape index (κ2) is 9.09. The highest BCUT2D eigenvalue weighted by molar-refractivity contribution is 7.22. The van der Waals surface area contributed by atoms with Gasteiger partial charge in [0.1, 0.15) is 5.82 Å². The molecule has 1 aromatic heterocycles. The average molecular weight is 446 g/mol. The summed E-state index contributed by atoms with van der Waals surface area (Å²) < 4.78 is 14.2. The van der Waals surface area contributed by atoms with Crippen LogP contribution < -0.4 is 10.6 Å². The van der Waals surface area contributed by atoms with Crippen LogP contribution in [-0.2, 0) is 0 Å². The second-order valence-corrected chi connectivity index (χ2v) is 9.25. The van der Waals surface area contributed by atoms with Crippen molar-refractivity contribution in [3.8, 4) is 11.1 Å². The Morgan fingerprint density at radius 1 is 0.906 bits per heavy atom. The van der Waals surface area contributed by atoms with E-state index in [2.05, 4.69) is 15.6 Å². The summed E-state index contributed by atoms with van der Waals surface area (Å²) in [5.74, 6) is -0.242. The Bertz CT molecular complexity index is 1230. The number of halogens is 1. The number of nitrogens with one attached hydrogen (secondary N) is 2. The Labute approximate surface area is 190 Å². The molecule has 1 heterocycles. The third kappa shape index (κ3) is 4.65. The van der Waals surface area contributed by atoms with Gasteiger partial charge in [-0.05, 0) is 66.4 Å². The summed E-state index contributed by atoms with van der Waals surface area (Å²) in [6.45, 7) is 0. The standard InChI is InChI=1S/C26H24FN3OS/c27-20-12-15-23-24(16-20)32-26(30-23)29-22-13-10-18(11-14-22)17-6-8-19(9-7-17)25(31)28-21-4-2-1-3-5-21/h6-16,21H,1-5H2,(H,28,31)(H,29,30). The maximum atomic E-state index is 13.4. The van der Waals surface area contributed by atoms with Gasteiger partial charge in [-0.15, -0.1) is 0 Å². The average Bonchev–Trinajstić information content (AvgIpc) is 3.21. The largest absolute Gasteiger partial charge is 0.349 e. The molecule has 1 fully saturated rings. The predicted molar refractivity (Wildman–Crippen MR) is 129 cm³/mol. The van der Waals surface area contributed by atoms with Crippen LogP contribution in [0.1, 0.15) is 42.5 Å². The normalized spacial score (nSPS) is 14.4. The molecule has 2 N–H and O–H groups in total. The molecule has 0 unspecified atom stereocenters. The van der Waals surface area contributed by atoms with Gasteiger partial charge < -0.3 is 10.6 Å². The summed E-state index contributed by atoms with van der Waals surface area (Å²) in [6, 6.07) is 20.7. The lowest BCUT2D eigenvalue weighted by molar-refractivity contribution is 0.0927. The van der Waals surface area contributed by atoms with Crippen molar-refractivity contribution in [3.63, 3.8) is 0 Å². The van der Waals surface area contributed by atoms with Gasteiger partial charge >= 0.3 is 0 Å². The van der Waals surface area contributed by atoms with E-state index in [-0.39, 0.29) is 11.7 Å². The van der Waals surface area contributed by atoms with E-state index in [1.807, 2.05) is 48.5 Å². The number of carbonyl (C=O) groups is 1. The van der Waals surface area contributed by atoms with Gasteiger partial charge in [0.05, 0.1) is 10.2 Å². The molecule has 32 heavy (non-hydrogen) atoms. The highest BCUT2D eigenvalue weighted by atomic mass is 32.1. The van der Waals surface area contributed by atoms with E-state index in [1.165, 1.54) is 42.7 Å². The fraction of sp³-hybridized carbons (Fsp3) is 0.231. The number of fused-ring (bicyclic) bond motifs is 1. The molecule has 4 nitrogen and oxygen atoms in total. The Hall–Kier alpha value is -3.25. The molecule has 5 rings (SSSR count). The van der Waals surface area contributed by atoms with E-state index in [0.29, 0.717) is 11.6 Å². The van der Waals surface area contributed by atoms with E-state index in [1.54, 1.807) is 6.07 Å². The van der Waals surface area contributed by atoms with Crippen LogP contribution >= 0.6 is 11.3 Å². The third-order valence-corrected chi connectivity index (χ3v) is 6.84. The molecule has 3 aromatic carbocycles. The first-order valence-corrected chi connectivity index (χ1v) is 11.8. The molecule has 1 aliphatic carbocycles. The van der Waals surface area contributed by atoms with Crippen molar-refractivity contribution in [2.75, 3.05) is 5.32 Å². The first-order valence-electron chi connectivity index (χ1n) is 11.0. The van der Waals surface area contributed by atoms with E-state index in [4.69, 9.17) is 0 Å². The van der Waals surface area contributed by atoms with Gasteiger partial charge in [0.15, 0.2) is 5.13 Å². The van der Waals surface area contributed by atoms with Crippen LogP contribution in [0.5, 0.6) is 0 Å². The predicted octanol–water partition coefficient (Wildman–Crippen LogP) is 6.91. The molecule has 0 spiro atoms. The summed E-state index contributed by atoms with van der Waals surface area (Å²) in [6.07, 6.45) is 5.84. The first-order chi connectivity index (χ1) is 15.6. The van der Waals surface area contributed by atoms with Crippen molar-refractivity contribution in [2.24, 2.45) is 0 Å². The molecule has 0 atom stereocenters. The fourth-order valence-corrected chi connectivity index (χ4v) is 5.06. The molecule has 4 aromatic rings. The molecule has 1 aliphatic rings. The fourth-order valence-electron chi connectivity index (χ4n) is 4.15. The third-order valence-electron chi connectivity index (χ3n) is 5.91. The molecule has 0 bridgehead atoms. The topological polar surface area (TPSA) is 54.0 Å². The lowest BCUT2D eigenvalue weighted by atomic mass is 9.95. The zero-order valence-corrected chi connectivity index (χ0v) is 18.4. The number of hydrogen-bond donors (Lipinski definition) is 2. The van der Waals surface area contributed by atoms with Crippen molar-refractivity contribution in [2.45, 2.75) is 38.1 Å². The molecule has 0 radical (unpaired) electrons. The molecular formula is C26H24FN3OS. The number of thiazole rings is 1. The van der Waals surface area contributed by atoms with E-state index < -0.39 is 0 Å². The number of anilines is 2. The molecule has 1 saturated carbocycles. The van der Waals surface area contributed by atoms with Crippen LogP contribution in [0.15, 0.2) is 66.7 Å². The van der Waals surface area contributed by atoms with Gasteiger partial charge in [-0.2, -0.15) is 0 Å². The monoisotopic (exact) mass is 445 g/mol. The molecule has 6 heteroatoms. The van der Waals surface area contributed by atoms with Crippen LogP contribution in [-0.4, -0.2) is 16.9 Å². The van der Waals surface area contributed by atoms with Gasteiger partial charge in [0, 0.05) is 17.3 Å².